The van der Waals surface area contributed by atoms with Gasteiger partial charge in [-0.3, -0.25) is 15.4 Å². The van der Waals surface area contributed by atoms with E-state index in [0.717, 1.165) is 12.8 Å². The van der Waals surface area contributed by atoms with E-state index in [0.29, 0.717) is 0 Å². The van der Waals surface area contributed by atoms with Crippen LogP contribution in [0.1, 0.15) is 12.8 Å². The van der Waals surface area contributed by atoms with Gasteiger partial charge in [0.05, 0.1) is 21.0 Å². The van der Waals surface area contributed by atoms with Crippen molar-refractivity contribution in [1.82, 2.24) is 5.32 Å². The van der Waals surface area contributed by atoms with Gasteiger partial charge in [0.2, 0.25) is 0 Å². The number of nitro groups is 1. The summed E-state index contributed by atoms with van der Waals surface area (Å²) in [5.41, 5.74) is -1.01. The second-order valence-electron chi connectivity index (χ2n) is 4.89. The molecule has 0 amide bonds. The van der Waals surface area contributed by atoms with Crippen LogP contribution in [0.15, 0.2) is 12.1 Å². The van der Waals surface area contributed by atoms with Crippen molar-refractivity contribution in [3.8, 4) is 11.8 Å². The zero-order chi connectivity index (χ0) is 15.6. The smallest absolute Gasteiger partial charge is 0.272 e. The Morgan fingerprint density at radius 3 is 2.48 bits per heavy atom. The number of rotatable bonds is 6. The van der Waals surface area contributed by atoms with E-state index in [9.17, 15) is 15.4 Å². The predicted octanol–water partition coefficient (Wildman–Crippen LogP) is 3.17. The molecule has 1 saturated carbocycles. The average Bonchev–Trinajstić information content (AvgIpc) is 3.27. The molecule has 112 valence electrons. The number of nitrogens with zero attached hydrogens (tertiary/aromatic N) is 2. The molecule has 0 spiro atoms. The van der Waals surface area contributed by atoms with Crippen molar-refractivity contribution < 1.29 is 9.66 Å². The van der Waals surface area contributed by atoms with Crippen LogP contribution in [0, 0.1) is 27.4 Å². The number of benzene rings is 1. The van der Waals surface area contributed by atoms with E-state index in [2.05, 4.69) is 11.4 Å². The highest BCUT2D eigenvalue weighted by Gasteiger charge is 2.45. The van der Waals surface area contributed by atoms with E-state index in [-0.39, 0.29) is 34.0 Å². The summed E-state index contributed by atoms with van der Waals surface area (Å²) in [4.78, 5) is 10.1. The highest BCUT2D eigenvalue weighted by Crippen LogP contribution is 2.41. The highest BCUT2D eigenvalue weighted by molar-refractivity contribution is 6.37. The van der Waals surface area contributed by atoms with E-state index in [1.807, 2.05) is 0 Å². The third kappa shape index (κ3) is 3.21. The maximum Gasteiger partial charge on any atom is 0.272 e. The Hall–Kier alpha value is -1.55. The Kier molecular flexibility index (Phi) is 4.57. The summed E-state index contributed by atoms with van der Waals surface area (Å²) in [6, 6.07) is 4.58. The number of nitrogens with one attached hydrogen (secondary N) is 1. The first-order valence-electron chi connectivity index (χ1n) is 6.30. The predicted molar refractivity (Wildman–Crippen MR) is 78.7 cm³/mol. The van der Waals surface area contributed by atoms with Gasteiger partial charge in [-0.2, -0.15) is 5.26 Å². The molecule has 0 radical (unpaired) electrons. The number of halogens is 2. The number of hydrogen-bond donors (Lipinski definition) is 1. The number of nitro benzene ring substituents is 1. The molecular formula is C13H13Cl2N3O3. The highest BCUT2D eigenvalue weighted by atomic mass is 35.5. The molecule has 0 bridgehead atoms. The van der Waals surface area contributed by atoms with Crippen LogP contribution in [0.2, 0.25) is 10.0 Å². The lowest BCUT2D eigenvalue weighted by Gasteiger charge is -2.26. The quantitative estimate of drug-likeness (QED) is 0.639. The Morgan fingerprint density at radius 2 is 2.10 bits per heavy atom. The lowest BCUT2D eigenvalue weighted by atomic mass is 9.96. The molecule has 0 aliphatic heterocycles. The van der Waals surface area contributed by atoms with Gasteiger partial charge >= 0.3 is 0 Å². The van der Waals surface area contributed by atoms with Crippen LogP contribution in [0.3, 0.4) is 0 Å². The summed E-state index contributed by atoms with van der Waals surface area (Å²) in [5.74, 6) is 0.377. The fraction of sp³-hybridized carbons (Fsp3) is 0.462. The van der Waals surface area contributed by atoms with E-state index in [1.54, 1.807) is 7.05 Å². The van der Waals surface area contributed by atoms with E-state index in [4.69, 9.17) is 27.9 Å². The number of nitriles is 1. The molecular weight excluding hydrogens is 317 g/mol. The molecule has 1 aliphatic carbocycles. The van der Waals surface area contributed by atoms with Crippen molar-refractivity contribution in [3.05, 3.63) is 32.3 Å². The minimum Gasteiger partial charge on any atom is -0.487 e. The summed E-state index contributed by atoms with van der Waals surface area (Å²) in [7, 11) is 1.70. The van der Waals surface area contributed by atoms with Gasteiger partial charge < -0.3 is 4.74 Å². The van der Waals surface area contributed by atoms with Gasteiger partial charge in [-0.25, -0.2) is 0 Å². The zero-order valence-electron chi connectivity index (χ0n) is 11.2. The second kappa shape index (κ2) is 6.06. The monoisotopic (exact) mass is 329 g/mol. The summed E-state index contributed by atoms with van der Waals surface area (Å²) in [6.07, 6.45) is 1.92. The maximum atomic E-state index is 10.7. The molecule has 1 fully saturated rings. The topological polar surface area (TPSA) is 88.2 Å². The molecule has 1 aliphatic rings. The molecule has 0 saturated heterocycles. The van der Waals surface area contributed by atoms with E-state index < -0.39 is 10.5 Å². The van der Waals surface area contributed by atoms with Gasteiger partial charge in [-0.05, 0) is 25.8 Å². The largest absolute Gasteiger partial charge is 0.487 e. The average molecular weight is 330 g/mol. The van der Waals surface area contributed by atoms with Crippen LogP contribution >= 0.6 is 23.2 Å². The van der Waals surface area contributed by atoms with Gasteiger partial charge in [0, 0.05) is 12.1 Å². The van der Waals surface area contributed by atoms with Crippen LogP contribution in [0.4, 0.5) is 5.69 Å². The van der Waals surface area contributed by atoms with Gasteiger partial charge in [0.1, 0.15) is 12.1 Å². The molecule has 1 aromatic carbocycles. The first-order chi connectivity index (χ1) is 9.93. The SMILES string of the molecule is CNC(C#N)(COc1c(Cl)cc([N+](=O)[O-])cc1Cl)C1CC1. The van der Waals surface area contributed by atoms with Crippen molar-refractivity contribution in [1.29, 1.82) is 5.26 Å². The normalized spacial score (nSPS) is 16.9. The van der Waals surface area contributed by atoms with Crippen LogP contribution in [0.25, 0.3) is 0 Å². The fourth-order valence-corrected chi connectivity index (χ4v) is 2.71. The van der Waals surface area contributed by atoms with Crippen molar-refractivity contribution in [2.75, 3.05) is 13.7 Å². The van der Waals surface area contributed by atoms with E-state index in [1.165, 1.54) is 12.1 Å². The van der Waals surface area contributed by atoms with Crippen LogP contribution in [-0.4, -0.2) is 24.1 Å². The fourth-order valence-electron chi connectivity index (χ4n) is 2.13. The number of likely N-dealkylation sites (N-methyl/N-ethyl adjacent to an activating group) is 1. The van der Waals surface area contributed by atoms with Gasteiger partial charge in [-0.15, -0.1) is 0 Å². The van der Waals surface area contributed by atoms with Crippen molar-refractivity contribution in [2.24, 2.45) is 5.92 Å². The Morgan fingerprint density at radius 1 is 1.52 bits per heavy atom. The van der Waals surface area contributed by atoms with Crippen molar-refractivity contribution >= 4 is 28.9 Å². The summed E-state index contributed by atoms with van der Waals surface area (Å²) in [5, 5.41) is 23.2. The Balaban J connectivity index is 2.20. The minimum absolute atomic E-state index is 0.0490. The molecule has 1 aromatic rings. The third-order valence-electron chi connectivity index (χ3n) is 3.56. The number of non-ortho nitro benzene ring substituents is 1. The summed E-state index contributed by atoms with van der Waals surface area (Å²) in [6.45, 7) is 0.0713. The van der Waals surface area contributed by atoms with E-state index >= 15 is 0 Å². The molecule has 1 unspecified atom stereocenters. The van der Waals surface area contributed by atoms with Gasteiger partial charge in [-0.1, -0.05) is 23.2 Å². The second-order valence-corrected chi connectivity index (χ2v) is 5.71. The minimum atomic E-state index is -0.797. The standard InChI is InChI=1S/C13H13Cl2N3O3/c1-17-13(6-16,8-2-3-8)7-21-12-10(14)4-9(18(19)20)5-11(12)15/h4-5,8,17H,2-3,7H2,1H3. The van der Waals surface area contributed by atoms with Crippen LogP contribution in [-0.2, 0) is 0 Å². The molecule has 8 heteroatoms. The molecule has 0 aromatic heterocycles. The third-order valence-corrected chi connectivity index (χ3v) is 4.12. The molecule has 1 N–H and O–H groups in total. The van der Waals surface area contributed by atoms with Crippen molar-refractivity contribution in [3.63, 3.8) is 0 Å². The van der Waals surface area contributed by atoms with Crippen molar-refractivity contribution in [2.45, 2.75) is 18.4 Å². The summed E-state index contributed by atoms with van der Waals surface area (Å²) < 4.78 is 5.58. The Bertz CT molecular complexity index is 590. The molecule has 0 heterocycles. The Labute approximate surface area is 131 Å². The molecule has 2 rings (SSSR count). The zero-order valence-corrected chi connectivity index (χ0v) is 12.7. The molecule has 1 atom stereocenters. The lowest BCUT2D eigenvalue weighted by Crippen LogP contribution is -2.49. The lowest BCUT2D eigenvalue weighted by molar-refractivity contribution is -0.384. The first-order valence-corrected chi connectivity index (χ1v) is 7.05. The van der Waals surface area contributed by atoms with Crippen LogP contribution in [0.5, 0.6) is 5.75 Å². The van der Waals surface area contributed by atoms with Gasteiger partial charge in [0.25, 0.3) is 5.69 Å². The molecule has 21 heavy (non-hydrogen) atoms. The first kappa shape index (κ1) is 15.8. The number of ether oxygens (including phenoxy) is 1. The van der Waals surface area contributed by atoms with Gasteiger partial charge in [0.15, 0.2) is 5.75 Å². The molecule has 6 nitrogen and oxygen atoms in total. The summed E-state index contributed by atoms with van der Waals surface area (Å²) >= 11 is 11.9. The maximum absolute atomic E-state index is 10.7. The van der Waals surface area contributed by atoms with Crippen LogP contribution < -0.4 is 10.1 Å². The number of hydrogen-bond acceptors (Lipinski definition) is 5.